The van der Waals surface area contributed by atoms with Crippen LogP contribution >= 0.6 is 0 Å². The van der Waals surface area contributed by atoms with Crippen molar-refractivity contribution in [3.63, 3.8) is 0 Å². The molecule has 0 bridgehead atoms. The van der Waals surface area contributed by atoms with E-state index in [2.05, 4.69) is 4.98 Å². The first-order valence-corrected chi connectivity index (χ1v) is 6.50. The van der Waals surface area contributed by atoms with Crippen molar-refractivity contribution in [1.82, 2.24) is 4.98 Å². The third-order valence-corrected chi connectivity index (χ3v) is 2.50. The van der Waals surface area contributed by atoms with Crippen LogP contribution in [0.25, 0.3) is 11.1 Å². The highest BCUT2D eigenvalue weighted by Crippen LogP contribution is 2.32. The molecule has 0 radical (unpaired) electrons. The second-order valence-corrected chi connectivity index (χ2v) is 3.92. The van der Waals surface area contributed by atoms with Gasteiger partial charge in [-0.25, -0.2) is 14.6 Å². The molecule has 0 N–H and O–H groups in total. The van der Waals surface area contributed by atoms with Crippen LogP contribution in [0.3, 0.4) is 0 Å². The molecule has 2 rings (SSSR count). The summed E-state index contributed by atoms with van der Waals surface area (Å²) in [6, 6.07) is 3.30. The number of hydrogen-bond donors (Lipinski definition) is 0. The minimum Gasteiger partial charge on any atom is -0.475 e. The molecule has 0 unspecified atom stereocenters. The Bertz CT molecular complexity index is 648. The molecule has 0 amide bonds. The number of fused-ring (bicyclic) bond motifs is 1. The molecular weight excluding hydrogens is 278 g/mol. The standard InChI is InChI=1S/C14H15NO6/c1-3-18-10(16)8-20-12-11-9(6-5-7-15-11)21-13(12)14(17)19-4-2/h5-7H,3-4,8H2,1-2H3. The van der Waals surface area contributed by atoms with Crippen LogP contribution in [-0.4, -0.2) is 36.7 Å². The zero-order chi connectivity index (χ0) is 15.2. The van der Waals surface area contributed by atoms with Gasteiger partial charge in [0, 0.05) is 6.20 Å². The molecule has 112 valence electrons. The summed E-state index contributed by atoms with van der Waals surface area (Å²) in [5.74, 6) is -1.25. The van der Waals surface area contributed by atoms with Crippen molar-refractivity contribution in [3.05, 3.63) is 24.1 Å². The third kappa shape index (κ3) is 3.31. The number of carbonyl (C=O) groups is 2. The van der Waals surface area contributed by atoms with Crippen molar-refractivity contribution in [2.24, 2.45) is 0 Å². The molecule has 0 fully saturated rings. The van der Waals surface area contributed by atoms with Crippen LogP contribution < -0.4 is 4.74 Å². The van der Waals surface area contributed by atoms with Gasteiger partial charge < -0.3 is 18.6 Å². The van der Waals surface area contributed by atoms with Gasteiger partial charge in [-0.05, 0) is 26.0 Å². The number of hydrogen-bond acceptors (Lipinski definition) is 7. The summed E-state index contributed by atoms with van der Waals surface area (Å²) in [5.41, 5.74) is 0.726. The summed E-state index contributed by atoms with van der Waals surface area (Å²) in [6.45, 7) is 3.47. The van der Waals surface area contributed by atoms with Gasteiger partial charge in [0.1, 0.15) is 0 Å². The fourth-order valence-corrected chi connectivity index (χ4v) is 1.71. The Kier molecular flexibility index (Phi) is 4.76. The number of pyridine rings is 1. The fourth-order valence-electron chi connectivity index (χ4n) is 1.71. The molecule has 0 saturated heterocycles. The van der Waals surface area contributed by atoms with E-state index in [0.29, 0.717) is 11.1 Å². The average molecular weight is 293 g/mol. The van der Waals surface area contributed by atoms with Crippen molar-refractivity contribution < 1.29 is 28.2 Å². The van der Waals surface area contributed by atoms with Gasteiger partial charge in [0.25, 0.3) is 5.76 Å². The molecule has 21 heavy (non-hydrogen) atoms. The molecular formula is C14H15NO6. The van der Waals surface area contributed by atoms with Gasteiger partial charge in [-0.1, -0.05) is 0 Å². The molecule has 7 heteroatoms. The normalized spacial score (nSPS) is 10.4. The van der Waals surface area contributed by atoms with Crippen LogP contribution in [0.5, 0.6) is 5.75 Å². The summed E-state index contributed by atoms with van der Waals surface area (Å²) in [7, 11) is 0. The number of carbonyl (C=O) groups excluding carboxylic acids is 2. The molecule has 2 heterocycles. The lowest BCUT2D eigenvalue weighted by molar-refractivity contribution is -0.145. The van der Waals surface area contributed by atoms with E-state index in [0.717, 1.165) is 0 Å². The number of aromatic nitrogens is 1. The van der Waals surface area contributed by atoms with Gasteiger partial charge >= 0.3 is 11.9 Å². The Morgan fingerprint density at radius 1 is 1.24 bits per heavy atom. The van der Waals surface area contributed by atoms with E-state index in [4.69, 9.17) is 18.6 Å². The Morgan fingerprint density at radius 2 is 2.00 bits per heavy atom. The molecule has 0 aliphatic heterocycles. The SMILES string of the molecule is CCOC(=O)COc1c(C(=O)OCC)oc2cccnc12. The van der Waals surface area contributed by atoms with E-state index in [1.165, 1.54) is 6.20 Å². The van der Waals surface area contributed by atoms with Crippen molar-refractivity contribution in [2.75, 3.05) is 19.8 Å². The van der Waals surface area contributed by atoms with Crippen LogP contribution in [0.4, 0.5) is 0 Å². The average Bonchev–Trinajstić information content (AvgIpc) is 2.84. The van der Waals surface area contributed by atoms with Gasteiger partial charge in [-0.15, -0.1) is 0 Å². The van der Waals surface area contributed by atoms with Crippen molar-refractivity contribution >= 4 is 23.0 Å². The second kappa shape index (κ2) is 6.74. The minimum absolute atomic E-state index is 0.0807. The van der Waals surface area contributed by atoms with Crippen LogP contribution in [0.1, 0.15) is 24.4 Å². The van der Waals surface area contributed by atoms with Crippen LogP contribution in [-0.2, 0) is 14.3 Å². The summed E-state index contributed by atoms with van der Waals surface area (Å²) in [4.78, 5) is 27.3. The van der Waals surface area contributed by atoms with Gasteiger partial charge in [0.05, 0.1) is 13.2 Å². The zero-order valence-electron chi connectivity index (χ0n) is 11.8. The van der Waals surface area contributed by atoms with Gasteiger partial charge in [-0.3, -0.25) is 0 Å². The van der Waals surface area contributed by atoms with Crippen LogP contribution in [0, 0.1) is 0 Å². The first kappa shape index (κ1) is 14.8. The highest BCUT2D eigenvalue weighted by atomic mass is 16.6. The third-order valence-electron chi connectivity index (χ3n) is 2.50. The summed E-state index contributed by atoms with van der Waals surface area (Å²) < 4.78 is 20.4. The first-order valence-electron chi connectivity index (χ1n) is 6.50. The maximum atomic E-state index is 11.9. The highest BCUT2D eigenvalue weighted by molar-refractivity contribution is 5.97. The van der Waals surface area contributed by atoms with E-state index in [-0.39, 0.29) is 31.3 Å². The van der Waals surface area contributed by atoms with Crippen molar-refractivity contribution in [1.29, 1.82) is 0 Å². The molecule has 7 nitrogen and oxygen atoms in total. The summed E-state index contributed by atoms with van der Waals surface area (Å²) in [6.07, 6.45) is 1.53. The number of ether oxygens (including phenoxy) is 3. The molecule has 2 aromatic rings. The maximum Gasteiger partial charge on any atom is 0.378 e. The van der Waals surface area contributed by atoms with Gasteiger partial charge in [0.15, 0.2) is 23.5 Å². The highest BCUT2D eigenvalue weighted by Gasteiger charge is 2.24. The first-order chi connectivity index (χ1) is 10.2. The van der Waals surface area contributed by atoms with Crippen LogP contribution in [0.2, 0.25) is 0 Å². The molecule has 0 aromatic carbocycles. The maximum absolute atomic E-state index is 11.9. The lowest BCUT2D eigenvalue weighted by atomic mass is 10.3. The van der Waals surface area contributed by atoms with E-state index >= 15 is 0 Å². The van der Waals surface area contributed by atoms with Crippen molar-refractivity contribution in [2.45, 2.75) is 13.8 Å². The molecule has 0 atom stereocenters. The Hall–Kier alpha value is -2.57. The van der Waals surface area contributed by atoms with Crippen LogP contribution in [0.15, 0.2) is 22.7 Å². The fraction of sp³-hybridized carbons (Fsp3) is 0.357. The lowest BCUT2D eigenvalue weighted by Crippen LogP contribution is -2.16. The topological polar surface area (TPSA) is 87.9 Å². The predicted octanol–water partition coefficient (Wildman–Crippen LogP) is 1.95. The zero-order valence-corrected chi connectivity index (χ0v) is 11.8. The summed E-state index contributed by atoms with van der Waals surface area (Å²) >= 11 is 0. The van der Waals surface area contributed by atoms with E-state index < -0.39 is 11.9 Å². The number of furan rings is 1. The number of esters is 2. The van der Waals surface area contributed by atoms with Gasteiger partial charge in [-0.2, -0.15) is 0 Å². The van der Waals surface area contributed by atoms with E-state index in [1.54, 1.807) is 26.0 Å². The second-order valence-electron chi connectivity index (χ2n) is 3.92. The largest absolute Gasteiger partial charge is 0.475 e. The Balaban J connectivity index is 2.31. The van der Waals surface area contributed by atoms with Gasteiger partial charge in [0.2, 0.25) is 0 Å². The Morgan fingerprint density at radius 3 is 2.71 bits per heavy atom. The molecule has 2 aromatic heterocycles. The van der Waals surface area contributed by atoms with E-state index in [9.17, 15) is 9.59 Å². The van der Waals surface area contributed by atoms with E-state index in [1.807, 2.05) is 0 Å². The van der Waals surface area contributed by atoms with Crippen molar-refractivity contribution in [3.8, 4) is 5.75 Å². The predicted molar refractivity (Wildman–Crippen MR) is 72.1 cm³/mol. The Labute approximate surface area is 120 Å². The number of rotatable bonds is 6. The quantitative estimate of drug-likeness (QED) is 0.752. The molecule has 0 aliphatic carbocycles. The molecule has 0 aliphatic rings. The number of nitrogens with zero attached hydrogens (tertiary/aromatic N) is 1. The summed E-state index contributed by atoms with van der Waals surface area (Å²) in [5, 5.41) is 0. The lowest BCUT2D eigenvalue weighted by Gasteiger charge is -2.05. The smallest absolute Gasteiger partial charge is 0.378 e. The monoisotopic (exact) mass is 293 g/mol. The molecule has 0 spiro atoms. The molecule has 0 saturated carbocycles. The minimum atomic E-state index is -0.672.